The van der Waals surface area contributed by atoms with Gasteiger partial charge in [0, 0.05) is 0 Å². The first kappa shape index (κ1) is 15.7. The standard InChI is InChI=1S/C9H15F3N2O3/c1-2-3-6(13)8(17)14(4-7(15)16)5-9(10,11)12/h6H,2-5,13H2,1H3,(H,15,16)/t6-/m1/s1. The average molecular weight is 256 g/mol. The van der Waals surface area contributed by atoms with Crippen LogP contribution in [0.3, 0.4) is 0 Å². The molecule has 0 rings (SSSR count). The quantitative estimate of drug-likeness (QED) is 0.728. The number of amides is 1. The minimum Gasteiger partial charge on any atom is -0.480 e. The smallest absolute Gasteiger partial charge is 0.406 e. The van der Waals surface area contributed by atoms with Gasteiger partial charge in [0.15, 0.2) is 0 Å². The molecule has 3 N–H and O–H groups in total. The maximum atomic E-state index is 12.1. The molecule has 17 heavy (non-hydrogen) atoms. The van der Waals surface area contributed by atoms with Gasteiger partial charge >= 0.3 is 12.1 Å². The van der Waals surface area contributed by atoms with E-state index in [4.69, 9.17) is 10.8 Å². The van der Waals surface area contributed by atoms with Gasteiger partial charge in [-0.1, -0.05) is 13.3 Å². The van der Waals surface area contributed by atoms with Gasteiger partial charge in [-0.15, -0.1) is 0 Å². The lowest BCUT2D eigenvalue weighted by atomic mass is 10.1. The van der Waals surface area contributed by atoms with Gasteiger partial charge in [0.05, 0.1) is 6.04 Å². The van der Waals surface area contributed by atoms with Crippen molar-refractivity contribution in [3.05, 3.63) is 0 Å². The largest absolute Gasteiger partial charge is 0.480 e. The van der Waals surface area contributed by atoms with Crippen LogP contribution in [0.15, 0.2) is 0 Å². The first-order valence-corrected chi connectivity index (χ1v) is 5.00. The van der Waals surface area contributed by atoms with E-state index in [0.29, 0.717) is 6.42 Å². The second-order valence-corrected chi connectivity index (χ2v) is 3.60. The molecule has 0 saturated carbocycles. The SMILES string of the molecule is CCC[C@@H](N)C(=O)N(CC(=O)O)CC(F)(F)F. The van der Waals surface area contributed by atoms with Crippen molar-refractivity contribution in [1.82, 2.24) is 4.90 Å². The number of nitrogens with zero attached hydrogens (tertiary/aromatic N) is 1. The van der Waals surface area contributed by atoms with Crippen molar-refractivity contribution < 1.29 is 27.9 Å². The van der Waals surface area contributed by atoms with Crippen LogP contribution < -0.4 is 5.73 Å². The maximum Gasteiger partial charge on any atom is 0.406 e. The van der Waals surface area contributed by atoms with Gasteiger partial charge in [-0.25, -0.2) is 0 Å². The van der Waals surface area contributed by atoms with Crippen molar-refractivity contribution >= 4 is 11.9 Å². The van der Waals surface area contributed by atoms with Crippen molar-refractivity contribution in [2.24, 2.45) is 5.73 Å². The van der Waals surface area contributed by atoms with Crippen molar-refractivity contribution in [2.75, 3.05) is 13.1 Å². The van der Waals surface area contributed by atoms with Gasteiger partial charge in [-0.05, 0) is 6.42 Å². The third-order valence-corrected chi connectivity index (χ3v) is 1.92. The Bertz CT molecular complexity index is 281. The molecule has 0 aromatic carbocycles. The lowest BCUT2D eigenvalue weighted by Gasteiger charge is -2.24. The van der Waals surface area contributed by atoms with E-state index in [-0.39, 0.29) is 11.3 Å². The van der Waals surface area contributed by atoms with Gasteiger partial charge in [-0.3, -0.25) is 9.59 Å². The Morgan fingerprint density at radius 3 is 2.29 bits per heavy atom. The summed E-state index contributed by atoms with van der Waals surface area (Å²) in [6, 6.07) is -1.10. The van der Waals surface area contributed by atoms with E-state index in [1.54, 1.807) is 6.92 Å². The molecular weight excluding hydrogens is 241 g/mol. The molecule has 0 unspecified atom stereocenters. The normalized spacial score (nSPS) is 13.2. The molecule has 0 aliphatic heterocycles. The molecular formula is C9H15F3N2O3. The van der Waals surface area contributed by atoms with E-state index >= 15 is 0 Å². The van der Waals surface area contributed by atoms with Crippen LogP contribution in [0.5, 0.6) is 0 Å². The molecule has 0 heterocycles. The monoisotopic (exact) mass is 256 g/mol. The summed E-state index contributed by atoms with van der Waals surface area (Å²) in [4.78, 5) is 22.1. The van der Waals surface area contributed by atoms with Crippen LogP contribution in [0.2, 0.25) is 0 Å². The minimum absolute atomic E-state index is 0.211. The Hall–Kier alpha value is -1.31. The van der Waals surface area contributed by atoms with E-state index in [2.05, 4.69) is 0 Å². The fourth-order valence-electron chi connectivity index (χ4n) is 1.26. The number of hydrogen-bond donors (Lipinski definition) is 2. The Morgan fingerprint density at radius 2 is 1.94 bits per heavy atom. The predicted octanol–water partition coefficient (Wildman–Crippen LogP) is 0.589. The molecule has 0 fully saturated rings. The van der Waals surface area contributed by atoms with Gasteiger partial charge in [0.2, 0.25) is 5.91 Å². The highest BCUT2D eigenvalue weighted by Crippen LogP contribution is 2.17. The van der Waals surface area contributed by atoms with Gasteiger partial charge in [0.1, 0.15) is 13.1 Å². The summed E-state index contributed by atoms with van der Waals surface area (Å²) < 4.78 is 36.4. The van der Waals surface area contributed by atoms with E-state index < -0.39 is 37.2 Å². The number of aliphatic carboxylic acids is 1. The molecule has 100 valence electrons. The Balaban J connectivity index is 4.67. The van der Waals surface area contributed by atoms with Gasteiger partial charge in [-0.2, -0.15) is 13.2 Å². The lowest BCUT2D eigenvalue weighted by molar-refractivity contribution is -0.166. The summed E-state index contributed by atoms with van der Waals surface area (Å²) in [5, 5.41) is 8.44. The van der Waals surface area contributed by atoms with Crippen molar-refractivity contribution in [2.45, 2.75) is 32.0 Å². The molecule has 0 aromatic rings. The average Bonchev–Trinajstić information content (AvgIpc) is 2.13. The highest BCUT2D eigenvalue weighted by Gasteiger charge is 2.35. The van der Waals surface area contributed by atoms with E-state index in [0.717, 1.165) is 0 Å². The van der Waals surface area contributed by atoms with E-state index in [1.165, 1.54) is 0 Å². The molecule has 0 spiro atoms. The van der Waals surface area contributed by atoms with Crippen molar-refractivity contribution in [1.29, 1.82) is 0 Å². The molecule has 0 radical (unpaired) electrons. The Kier molecular flexibility index (Phi) is 5.94. The second-order valence-electron chi connectivity index (χ2n) is 3.60. The van der Waals surface area contributed by atoms with Crippen LogP contribution in [0.4, 0.5) is 13.2 Å². The number of carboxylic acid groups (broad SMARTS) is 1. The van der Waals surface area contributed by atoms with Crippen LogP contribution in [0.1, 0.15) is 19.8 Å². The summed E-state index contributed by atoms with van der Waals surface area (Å²) in [5.41, 5.74) is 5.37. The first-order chi connectivity index (χ1) is 7.67. The van der Waals surface area contributed by atoms with Crippen LogP contribution in [-0.4, -0.2) is 47.2 Å². The lowest BCUT2D eigenvalue weighted by Crippen LogP contribution is -2.49. The van der Waals surface area contributed by atoms with Crippen molar-refractivity contribution in [3.63, 3.8) is 0 Å². The van der Waals surface area contributed by atoms with Crippen LogP contribution in [0.25, 0.3) is 0 Å². The number of rotatable bonds is 6. The molecule has 0 saturated heterocycles. The first-order valence-electron chi connectivity index (χ1n) is 5.00. The van der Waals surface area contributed by atoms with Crippen LogP contribution >= 0.6 is 0 Å². The van der Waals surface area contributed by atoms with Gasteiger partial charge < -0.3 is 15.7 Å². The molecule has 0 aliphatic rings. The Morgan fingerprint density at radius 1 is 1.41 bits per heavy atom. The second kappa shape index (κ2) is 6.43. The predicted molar refractivity (Wildman–Crippen MR) is 53.2 cm³/mol. The van der Waals surface area contributed by atoms with Gasteiger partial charge in [0.25, 0.3) is 0 Å². The number of hydrogen-bond acceptors (Lipinski definition) is 3. The summed E-state index contributed by atoms with van der Waals surface area (Å²) in [6.07, 6.45) is -3.90. The molecule has 0 bridgehead atoms. The Labute approximate surface area is 96.4 Å². The third-order valence-electron chi connectivity index (χ3n) is 1.92. The molecule has 1 atom stereocenters. The number of halogens is 3. The number of carboxylic acids is 1. The number of nitrogens with two attached hydrogens (primary N) is 1. The highest BCUT2D eigenvalue weighted by molar-refractivity contribution is 5.85. The number of carbonyl (C=O) groups is 2. The maximum absolute atomic E-state index is 12.1. The summed E-state index contributed by atoms with van der Waals surface area (Å²) >= 11 is 0. The van der Waals surface area contributed by atoms with Crippen LogP contribution in [-0.2, 0) is 9.59 Å². The summed E-state index contributed by atoms with van der Waals surface area (Å²) in [6.45, 7) is -0.885. The minimum atomic E-state index is -4.64. The molecule has 8 heteroatoms. The van der Waals surface area contributed by atoms with Crippen LogP contribution in [0, 0.1) is 0 Å². The molecule has 0 aromatic heterocycles. The van der Waals surface area contributed by atoms with E-state index in [9.17, 15) is 22.8 Å². The van der Waals surface area contributed by atoms with E-state index in [1.807, 2.05) is 0 Å². The highest BCUT2D eigenvalue weighted by atomic mass is 19.4. The fourth-order valence-corrected chi connectivity index (χ4v) is 1.26. The zero-order valence-corrected chi connectivity index (χ0v) is 9.33. The molecule has 0 aliphatic carbocycles. The fraction of sp³-hybridized carbons (Fsp3) is 0.778. The zero-order valence-electron chi connectivity index (χ0n) is 9.33. The topological polar surface area (TPSA) is 83.6 Å². The zero-order chi connectivity index (χ0) is 13.6. The third kappa shape index (κ3) is 6.77. The number of carbonyl (C=O) groups excluding carboxylic acids is 1. The van der Waals surface area contributed by atoms with Crippen molar-refractivity contribution in [3.8, 4) is 0 Å². The number of alkyl halides is 3. The summed E-state index contributed by atoms with van der Waals surface area (Å²) in [7, 11) is 0. The summed E-state index contributed by atoms with van der Waals surface area (Å²) in [5.74, 6) is -2.50. The molecule has 1 amide bonds. The molecule has 5 nitrogen and oxygen atoms in total.